The van der Waals surface area contributed by atoms with Gasteiger partial charge < -0.3 is 9.84 Å². The van der Waals surface area contributed by atoms with Crippen LogP contribution in [0.3, 0.4) is 0 Å². The molecule has 0 atom stereocenters. The van der Waals surface area contributed by atoms with E-state index in [0.29, 0.717) is 12.0 Å². The number of benzene rings is 1. The Morgan fingerprint density at radius 3 is 2.70 bits per heavy atom. The van der Waals surface area contributed by atoms with Gasteiger partial charge in [-0.2, -0.15) is 0 Å². The van der Waals surface area contributed by atoms with Crippen molar-refractivity contribution >= 4 is 23.9 Å². The molecule has 1 fully saturated rings. The zero-order valence-corrected chi connectivity index (χ0v) is 13.0. The molecule has 4 amide bonds. The van der Waals surface area contributed by atoms with Gasteiger partial charge in [-0.05, 0) is 30.2 Å². The molecule has 1 heterocycles. The standard InChI is InChI=1S/C16H18N2O5/c1-3-4-7-18-15(21)11(14(20)17-16(18)22)8-10-5-6-12(19)13(9-10)23-2/h5-6,8-9,19H,3-4,7H2,1-2H3,(H,17,20,22). The van der Waals surface area contributed by atoms with E-state index in [1.807, 2.05) is 6.92 Å². The SMILES string of the molecule is CCCCN1C(=O)NC(=O)C(=Cc2ccc(O)c(OC)c2)C1=O. The van der Waals surface area contributed by atoms with Crippen LogP contribution in [0.4, 0.5) is 4.79 Å². The van der Waals surface area contributed by atoms with Crippen molar-refractivity contribution in [1.29, 1.82) is 0 Å². The number of ether oxygens (including phenoxy) is 1. The van der Waals surface area contributed by atoms with E-state index in [1.54, 1.807) is 0 Å². The lowest BCUT2D eigenvalue weighted by Gasteiger charge is -2.26. The molecule has 0 unspecified atom stereocenters. The number of urea groups is 1. The highest BCUT2D eigenvalue weighted by Crippen LogP contribution is 2.27. The van der Waals surface area contributed by atoms with Crippen LogP contribution >= 0.6 is 0 Å². The van der Waals surface area contributed by atoms with Crippen molar-refractivity contribution in [2.24, 2.45) is 0 Å². The molecule has 7 heteroatoms. The van der Waals surface area contributed by atoms with Gasteiger partial charge in [-0.15, -0.1) is 0 Å². The number of hydrogen-bond donors (Lipinski definition) is 2. The molecule has 1 aromatic rings. The van der Waals surface area contributed by atoms with Crippen LogP contribution in [-0.4, -0.2) is 41.5 Å². The first-order valence-electron chi connectivity index (χ1n) is 7.23. The maximum Gasteiger partial charge on any atom is 0.331 e. The number of amides is 4. The molecule has 0 aliphatic carbocycles. The van der Waals surface area contributed by atoms with E-state index in [-0.39, 0.29) is 23.6 Å². The summed E-state index contributed by atoms with van der Waals surface area (Å²) in [7, 11) is 1.40. The van der Waals surface area contributed by atoms with Crippen molar-refractivity contribution in [3.05, 3.63) is 29.3 Å². The van der Waals surface area contributed by atoms with Gasteiger partial charge in [-0.25, -0.2) is 4.79 Å². The van der Waals surface area contributed by atoms with Crippen molar-refractivity contribution in [3.63, 3.8) is 0 Å². The van der Waals surface area contributed by atoms with E-state index in [0.717, 1.165) is 11.3 Å². The van der Waals surface area contributed by atoms with Gasteiger partial charge in [0.15, 0.2) is 11.5 Å². The number of nitrogens with zero attached hydrogens (tertiary/aromatic N) is 1. The quantitative estimate of drug-likeness (QED) is 0.636. The van der Waals surface area contributed by atoms with Gasteiger partial charge in [0.1, 0.15) is 5.57 Å². The number of carbonyl (C=O) groups is 3. The summed E-state index contributed by atoms with van der Waals surface area (Å²) < 4.78 is 4.99. The van der Waals surface area contributed by atoms with Gasteiger partial charge in [0.2, 0.25) is 0 Å². The Morgan fingerprint density at radius 2 is 2.04 bits per heavy atom. The van der Waals surface area contributed by atoms with Crippen LogP contribution in [0.25, 0.3) is 6.08 Å². The van der Waals surface area contributed by atoms with Crippen LogP contribution in [0, 0.1) is 0 Å². The highest BCUT2D eigenvalue weighted by molar-refractivity contribution is 6.31. The van der Waals surface area contributed by atoms with E-state index in [2.05, 4.69) is 5.32 Å². The van der Waals surface area contributed by atoms with E-state index in [9.17, 15) is 19.5 Å². The highest BCUT2D eigenvalue weighted by Gasteiger charge is 2.35. The fraction of sp³-hybridized carbons (Fsp3) is 0.312. The molecule has 0 spiro atoms. The van der Waals surface area contributed by atoms with Crippen molar-refractivity contribution in [1.82, 2.24) is 10.2 Å². The van der Waals surface area contributed by atoms with Crippen molar-refractivity contribution < 1.29 is 24.2 Å². The Kier molecular flexibility index (Phi) is 5.00. The van der Waals surface area contributed by atoms with Gasteiger partial charge in [-0.1, -0.05) is 19.4 Å². The van der Waals surface area contributed by atoms with Crippen LogP contribution in [0.1, 0.15) is 25.3 Å². The number of hydrogen-bond acceptors (Lipinski definition) is 5. The fourth-order valence-electron chi connectivity index (χ4n) is 2.16. The van der Waals surface area contributed by atoms with Crippen molar-refractivity contribution in [3.8, 4) is 11.5 Å². The monoisotopic (exact) mass is 318 g/mol. The summed E-state index contributed by atoms with van der Waals surface area (Å²) >= 11 is 0. The molecule has 2 rings (SSSR count). The van der Waals surface area contributed by atoms with Crippen LogP contribution in [-0.2, 0) is 9.59 Å². The van der Waals surface area contributed by atoms with Gasteiger partial charge in [-0.3, -0.25) is 19.8 Å². The lowest BCUT2D eigenvalue weighted by Crippen LogP contribution is -2.54. The molecule has 2 N–H and O–H groups in total. The summed E-state index contributed by atoms with van der Waals surface area (Å²) in [5.74, 6) is -1.19. The second-order valence-electron chi connectivity index (χ2n) is 5.06. The lowest BCUT2D eigenvalue weighted by atomic mass is 10.1. The van der Waals surface area contributed by atoms with Crippen LogP contribution in [0.15, 0.2) is 23.8 Å². The summed E-state index contributed by atoms with van der Waals surface area (Å²) in [6.45, 7) is 2.20. The van der Waals surface area contributed by atoms with E-state index in [1.165, 1.54) is 31.4 Å². The summed E-state index contributed by atoms with van der Waals surface area (Å²) in [6.07, 6.45) is 2.85. The second kappa shape index (κ2) is 6.95. The number of rotatable bonds is 5. The largest absolute Gasteiger partial charge is 0.504 e. The Hall–Kier alpha value is -2.83. The third kappa shape index (κ3) is 3.50. The van der Waals surface area contributed by atoms with Crippen LogP contribution in [0.5, 0.6) is 11.5 Å². The third-order valence-corrected chi connectivity index (χ3v) is 3.44. The Morgan fingerprint density at radius 1 is 1.30 bits per heavy atom. The molecule has 1 saturated heterocycles. The predicted molar refractivity (Wildman–Crippen MR) is 82.8 cm³/mol. The maximum absolute atomic E-state index is 12.4. The number of nitrogens with one attached hydrogen (secondary N) is 1. The first-order valence-corrected chi connectivity index (χ1v) is 7.23. The molecule has 23 heavy (non-hydrogen) atoms. The molecule has 1 aliphatic rings. The topological polar surface area (TPSA) is 95.9 Å². The number of unbranched alkanes of at least 4 members (excludes halogenated alkanes) is 1. The molecular weight excluding hydrogens is 300 g/mol. The number of phenolic OH excluding ortho intramolecular Hbond substituents is 1. The number of imide groups is 2. The summed E-state index contributed by atoms with van der Waals surface area (Å²) in [6, 6.07) is 3.73. The van der Waals surface area contributed by atoms with Gasteiger partial charge >= 0.3 is 6.03 Å². The summed E-state index contributed by atoms with van der Waals surface area (Å²) in [5.41, 5.74) is 0.372. The average Bonchev–Trinajstić information content (AvgIpc) is 2.52. The minimum atomic E-state index is -0.736. The molecule has 0 bridgehead atoms. The van der Waals surface area contributed by atoms with Crippen LogP contribution in [0.2, 0.25) is 0 Å². The molecular formula is C16H18N2O5. The number of barbiturate groups is 1. The van der Waals surface area contributed by atoms with Crippen LogP contribution < -0.4 is 10.1 Å². The Balaban J connectivity index is 2.34. The normalized spacial score (nSPS) is 16.7. The van der Waals surface area contributed by atoms with E-state index < -0.39 is 17.8 Å². The minimum Gasteiger partial charge on any atom is -0.504 e. The number of phenols is 1. The van der Waals surface area contributed by atoms with Gasteiger partial charge in [0.05, 0.1) is 7.11 Å². The van der Waals surface area contributed by atoms with E-state index >= 15 is 0 Å². The van der Waals surface area contributed by atoms with E-state index in [4.69, 9.17) is 4.74 Å². The second-order valence-corrected chi connectivity index (χ2v) is 5.06. The molecule has 1 aliphatic heterocycles. The number of aromatic hydroxyl groups is 1. The Bertz CT molecular complexity index is 681. The third-order valence-electron chi connectivity index (χ3n) is 3.44. The summed E-state index contributed by atoms with van der Waals surface area (Å²) in [5, 5.41) is 11.7. The first kappa shape index (κ1) is 16.5. The zero-order valence-electron chi connectivity index (χ0n) is 13.0. The molecule has 122 valence electrons. The Labute approximate surface area is 133 Å². The molecule has 0 saturated carbocycles. The molecule has 0 radical (unpaired) electrons. The fourth-order valence-corrected chi connectivity index (χ4v) is 2.16. The highest BCUT2D eigenvalue weighted by atomic mass is 16.5. The molecule has 0 aromatic heterocycles. The average molecular weight is 318 g/mol. The first-order chi connectivity index (χ1) is 11.0. The summed E-state index contributed by atoms with van der Waals surface area (Å²) in [4.78, 5) is 37.1. The number of carbonyl (C=O) groups excluding carboxylic acids is 3. The van der Waals surface area contributed by atoms with Crippen molar-refractivity contribution in [2.75, 3.05) is 13.7 Å². The van der Waals surface area contributed by atoms with Gasteiger partial charge in [0, 0.05) is 6.54 Å². The van der Waals surface area contributed by atoms with Crippen molar-refractivity contribution in [2.45, 2.75) is 19.8 Å². The van der Waals surface area contributed by atoms with Gasteiger partial charge in [0.25, 0.3) is 11.8 Å². The molecule has 1 aromatic carbocycles. The predicted octanol–water partition coefficient (Wildman–Crippen LogP) is 1.66. The number of methoxy groups -OCH3 is 1. The smallest absolute Gasteiger partial charge is 0.331 e. The minimum absolute atomic E-state index is 0.0474. The zero-order chi connectivity index (χ0) is 17.0. The lowest BCUT2D eigenvalue weighted by molar-refractivity contribution is -0.130. The maximum atomic E-state index is 12.4. The molecule has 7 nitrogen and oxygen atoms in total.